The summed E-state index contributed by atoms with van der Waals surface area (Å²) in [6, 6.07) is 38.5. The summed E-state index contributed by atoms with van der Waals surface area (Å²) in [5.41, 5.74) is 6.14. The molecular formula is C30H30N2S. The van der Waals surface area contributed by atoms with Gasteiger partial charge in [-0.1, -0.05) is 109 Å². The van der Waals surface area contributed by atoms with E-state index in [2.05, 4.69) is 110 Å². The Morgan fingerprint density at radius 2 is 1.30 bits per heavy atom. The predicted molar refractivity (Wildman–Crippen MR) is 142 cm³/mol. The van der Waals surface area contributed by atoms with Gasteiger partial charge >= 0.3 is 0 Å². The van der Waals surface area contributed by atoms with Crippen LogP contribution in [-0.2, 0) is 19.5 Å². The Kier molecular flexibility index (Phi) is 7.99. The molecule has 0 saturated carbocycles. The van der Waals surface area contributed by atoms with Gasteiger partial charge < -0.3 is 4.90 Å². The lowest BCUT2D eigenvalue weighted by molar-refractivity contribution is 0.415. The van der Waals surface area contributed by atoms with E-state index in [1.165, 1.54) is 27.1 Å². The maximum atomic E-state index is 5.12. The summed E-state index contributed by atoms with van der Waals surface area (Å²) in [6.45, 7) is 5.92. The molecule has 0 aromatic heterocycles. The Morgan fingerprint density at radius 3 is 1.94 bits per heavy atom. The molecule has 3 heteroatoms. The van der Waals surface area contributed by atoms with Gasteiger partial charge in [0.2, 0.25) is 0 Å². The van der Waals surface area contributed by atoms with Crippen LogP contribution in [0.4, 0.5) is 5.69 Å². The zero-order chi connectivity index (χ0) is 22.9. The number of aliphatic imine (C=N–C) groups is 1. The maximum Gasteiger partial charge on any atom is 0.169 e. The van der Waals surface area contributed by atoms with Crippen molar-refractivity contribution in [2.75, 3.05) is 0 Å². The third kappa shape index (κ3) is 6.84. The molecule has 166 valence electrons. The largest absolute Gasteiger partial charge is 0.342 e. The van der Waals surface area contributed by atoms with Gasteiger partial charge in [0.1, 0.15) is 0 Å². The van der Waals surface area contributed by atoms with Gasteiger partial charge in [-0.2, -0.15) is 0 Å². The van der Waals surface area contributed by atoms with E-state index in [1.807, 2.05) is 18.2 Å². The topological polar surface area (TPSA) is 15.6 Å². The molecule has 0 saturated heterocycles. The van der Waals surface area contributed by atoms with Crippen molar-refractivity contribution in [1.29, 1.82) is 0 Å². The van der Waals surface area contributed by atoms with Crippen molar-refractivity contribution in [2.24, 2.45) is 4.99 Å². The summed E-state index contributed by atoms with van der Waals surface area (Å²) in [5.74, 6) is 0. The minimum atomic E-state index is 0.793. The van der Waals surface area contributed by atoms with Crippen LogP contribution in [0.3, 0.4) is 0 Å². The molecule has 0 heterocycles. The second-order valence-corrected chi connectivity index (χ2v) is 9.20. The first-order valence-corrected chi connectivity index (χ1v) is 12.3. The molecule has 0 aliphatic carbocycles. The number of thioether (sulfide) groups is 1. The summed E-state index contributed by atoms with van der Waals surface area (Å²) in [5, 5.41) is 0.996. The van der Waals surface area contributed by atoms with Crippen LogP contribution < -0.4 is 0 Å². The van der Waals surface area contributed by atoms with Gasteiger partial charge in [-0.25, -0.2) is 4.99 Å². The Labute approximate surface area is 202 Å². The third-order valence-electron chi connectivity index (χ3n) is 5.47. The average molecular weight is 451 g/mol. The van der Waals surface area contributed by atoms with Gasteiger partial charge in [-0.05, 0) is 54.3 Å². The summed E-state index contributed by atoms with van der Waals surface area (Å²) < 4.78 is 0. The SMILES string of the molecule is CCc1ccc(CN(Cc2ccccc2)C(=Nc2ccccc2)Sc2cccc(C)c2)cc1. The predicted octanol–water partition coefficient (Wildman–Crippen LogP) is 8.04. The molecule has 33 heavy (non-hydrogen) atoms. The molecule has 0 N–H and O–H groups in total. The van der Waals surface area contributed by atoms with E-state index < -0.39 is 0 Å². The lowest BCUT2D eigenvalue weighted by Gasteiger charge is -2.26. The fourth-order valence-electron chi connectivity index (χ4n) is 3.65. The summed E-state index contributed by atoms with van der Waals surface area (Å²) in [7, 11) is 0. The molecule has 0 radical (unpaired) electrons. The number of hydrogen-bond acceptors (Lipinski definition) is 2. The summed E-state index contributed by atoms with van der Waals surface area (Å²) >= 11 is 1.73. The van der Waals surface area contributed by atoms with Crippen molar-refractivity contribution in [1.82, 2.24) is 4.90 Å². The molecule has 0 spiro atoms. The first kappa shape index (κ1) is 22.9. The second-order valence-electron chi connectivity index (χ2n) is 8.16. The van der Waals surface area contributed by atoms with Crippen molar-refractivity contribution in [3.8, 4) is 0 Å². The molecule has 0 aliphatic rings. The Hall–Kier alpha value is -3.30. The molecule has 4 rings (SSSR count). The number of amidine groups is 1. The van der Waals surface area contributed by atoms with Gasteiger partial charge in [-0.15, -0.1) is 0 Å². The lowest BCUT2D eigenvalue weighted by Crippen LogP contribution is -2.28. The third-order valence-corrected chi connectivity index (χ3v) is 6.49. The zero-order valence-corrected chi connectivity index (χ0v) is 20.1. The van der Waals surface area contributed by atoms with E-state index >= 15 is 0 Å². The van der Waals surface area contributed by atoms with Crippen molar-refractivity contribution in [2.45, 2.75) is 38.3 Å². The molecule has 0 atom stereocenters. The first-order chi connectivity index (χ1) is 16.2. The lowest BCUT2D eigenvalue weighted by atomic mass is 10.1. The zero-order valence-electron chi connectivity index (χ0n) is 19.3. The summed E-state index contributed by atoms with van der Waals surface area (Å²) in [6.07, 6.45) is 1.05. The van der Waals surface area contributed by atoms with Crippen LogP contribution in [0.1, 0.15) is 29.2 Å². The van der Waals surface area contributed by atoms with Crippen molar-refractivity contribution in [3.63, 3.8) is 0 Å². The highest BCUT2D eigenvalue weighted by Gasteiger charge is 2.16. The van der Waals surface area contributed by atoms with Gasteiger partial charge in [-0.3, -0.25) is 0 Å². The van der Waals surface area contributed by atoms with Crippen LogP contribution in [0.2, 0.25) is 0 Å². The molecule has 4 aromatic carbocycles. The number of hydrogen-bond donors (Lipinski definition) is 0. The molecule has 4 aromatic rings. The van der Waals surface area contributed by atoms with Gasteiger partial charge in [0.15, 0.2) is 5.17 Å². The van der Waals surface area contributed by atoms with Gasteiger partial charge in [0.25, 0.3) is 0 Å². The molecule has 0 amide bonds. The molecule has 2 nitrogen and oxygen atoms in total. The minimum Gasteiger partial charge on any atom is -0.342 e. The van der Waals surface area contributed by atoms with E-state index in [0.29, 0.717) is 0 Å². The van der Waals surface area contributed by atoms with Gasteiger partial charge in [0.05, 0.1) is 5.69 Å². The number of para-hydroxylation sites is 1. The van der Waals surface area contributed by atoms with E-state index in [0.717, 1.165) is 30.4 Å². The fraction of sp³-hybridized carbons (Fsp3) is 0.167. The molecular weight excluding hydrogens is 420 g/mol. The maximum absolute atomic E-state index is 5.12. The van der Waals surface area contributed by atoms with Crippen LogP contribution in [-0.4, -0.2) is 10.1 Å². The number of aryl methyl sites for hydroxylation is 2. The number of rotatable bonds is 7. The fourth-order valence-corrected chi connectivity index (χ4v) is 4.66. The van der Waals surface area contributed by atoms with E-state index in [1.54, 1.807) is 11.8 Å². The smallest absolute Gasteiger partial charge is 0.169 e. The first-order valence-electron chi connectivity index (χ1n) is 11.4. The highest BCUT2D eigenvalue weighted by molar-refractivity contribution is 8.13. The second kappa shape index (κ2) is 11.5. The molecule has 0 aliphatic heterocycles. The quantitative estimate of drug-likeness (QED) is 0.161. The highest BCUT2D eigenvalue weighted by atomic mass is 32.2. The van der Waals surface area contributed by atoms with Crippen molar-refractivity contribution < 1.29 is 0 Å². The van der Waals surface area contributed by atoms with E-state index in [4.69, 9.17) is 4.99 Å². The van der Waals surface area contributed by atoms with Gasteiger partial charge in [0, 0.05) is 18.0 Å². The van der Waals surface area contributed by atoms with E-state index in [9.17, 15) is 0 Å². The van der Waals surface area contributed by atoms with Crippen LogP contribution >= 0.6 is 11.8 Å². The molecule has 0 unspecified atom stereocenters. The van der Waals surface area contributed by atoms with Crippen LogP contribution in [0.15, 0.2) is 119 Å². The van der Waals surface area contributed by atoms with Crippen molar-refractivity contribution in [3.05, 3.63) is 131 Å². The summed E-state index contributed by atoms with van der Waals surface area (Å²) in [4.78, 5) is 8.70. The van der Waals surface area contributed by atoms with Crippen LogP contribution in [0, 0.1) is 6.92 Å². The average Bonchev–Trinajstić information content (AvgIpc) is 2.85. The van der Waals surface area contributed by atoms with Crippen molar-refractivity contribution >= 4 is 22.6 Å². The van der Waals surface area contributed by atoms with Crippen LogP contribution in [0.5, 0.6) is 0 Å². The monoisotopic (exact) mass is 450 g/mol. The standard InChI is InChI=1S/C30H30N2S/c1-3-25-17-19-27(20-18-25)23-32(22-26-12-6-4-7-13-26)30(31-28-14-8-5-9-15-28)33-29-16-10-11-24(2)21-29/h4-21H,3,22-23H2,1-2H3. The molecule has 0 bridgehead atoms. The normalized spacial score (nSPS) is 11.4. The minimum absolute atomic E-state index is 0.793. The van der Waals surface area contributed by atoms with Crippen LogP contribution in [0.25, 0.3) is 0 Å². The number of nitrogens with zero attached hydrogens (tertiary/aromatic N) is 2. The number of benzene rings is 4. The highest BCUT2D eigenvalue weighted by Crippen LogP contribution is 2.28. The van der Waals surface area contributed by atoms with E-state index in [-0.39, 0.29) is 0 Å². The Balaban J connectivity index is 1.72. The Morgan fingerprint density at radius 1 is 0.697 bits per heavy atom. The Bertz CT molecular complexity index is 1170. The molecule has 0 fully saturated rings.